The Hall–Kier alpha value is -1.88. The molecule has 0 saturated heterocycles. The monoisotopic (exact) mass is 237 g/mol. The number of nitrogens with two attached hydrogens (primary N) is 1. The van der Waals surface area contributed by atoms with Crippen LogP contribution in [0.3, 0.4) is 0 Å². The molecule has 1 aromatic rings. The van der Waals surface area contributed by atoms with Crippen molar-refractivity contribution in [1.82, 2.24) is 0 Å². The van der Waals surface area contributed by atoms with Crippen LogP contribution in [0.15, 0.2) is 18.2 Å². The van der Waals surface area contributed by atoms with Crippen LogP contribution in [0.5, 0.6) is 5.75 Å². The zero-order valence-corrected chi connectivity index (χ0v) is 9.60. The van der Waals surface area contributed by atoms with Gasteiger partial charge in [-0.05, 0) is 32.0 Å². The van der Waals surface area contributed by atoms with Crippen molar-refractivity contribution in [2.75, 3.05) is 13.2 Å². The summed E-state index contributed by atoms with van der Waals surface area (Å²) in [6, 6.07) is 4.48. The minimum Gasteiger partial charge on any atom is -0.492 e. The Balaban J connectivity index is 3.10. The van der Waals surface area contributed by atoms with Crippen molar-refractivity contribution in [3.63, 3.8) is 0 Å². The van der Waals surface area contributed by atoms with Crippen LogP contribution in [0.1, 0.15) is 34.1 Å². The molecule has 0 aliphatic carbocycles. The summed E-state index contributed by atoms with van der Waals surface area (Å²) in [6.45, 7) is 2.11. The lowest BCUT2D eigenvalue weighted by Gasteiger charge is -2.12. The first-order valence-corrected chi connectivity index (χ1v) is 5.28. The van der Waals surface area contributed by atoms with Gasteiger partial charge in [0.05, 0.1) is 12.2 Å². The van der Waals surface area contributed by atoms with E-state index in [9.17, 15) is 9.59 Å². The van der Waals surface area contributed by atoms with Gasteiger partial charge in [0.25, 0.3) is 0 Å². The quantitative estimate of drug-likeness (QED) is 0.575. The van der Waals surface area contributed by atoms with Crippen molar-refractivity contribution in [3.8, 4) is 5.75 Å². The van der Waals surface area contributed by atoms with Gasteiger partial charge in [0.2, 0.25) is 0 Å². The zero-order valence-electron chi connectivity index (χ0n) is 9.60. The number of benzene rings is 1. The number of hydrogen-bond donors (Lipinski definition) is 2. The van der Waals surface area contributed by atoms with Crippen LogP contribution in [-0.4, -0.2) is 30.0 Å². The van der Waals surface area contributed by atoms with Gasteiger partial charge < -0.3 is 15.6 Å². The van der Waals surface area contributed by atoms with Crippen molar-refractivity contribution in [2.24, 2.45) is 5.73 Å². The van der Waals surface area contributed by atoms with E-state index in [1.165, 1.54) is 19.1 Å². The molecule has 17 heavy (non-hydrogen) atoms. The lowest BCUT2D eigenvalue weighted by atomic mass is 10.1. The molecule has 0 unspecified atom stereocenters. The topological polar surface area (TPSA) is 89.6 Å². The Morgan fingerprint density at radius 1 is 1.35 bits per heavy atom. The summed E-state index contributed by atoms with van der Waals surface area (Å²) in [4.78, 5) is 22.4. The molecule has 0 bridgehead atoms. The summed E-state index contributed by atoms with van der Waals surface area (Å²) in [7, 11) is 0. The summed E-state index contributed by atoms with van der Waals surface area (Å²) in [5.41, 5.74) is 5.60. The summed E-state index contributed by atoms with van der Waals surface area (Å²) < 4.78 is 5.35. The van der Waals surface area contributed by atoms with E-state index in [0.717, 1.165) is 0 Å². The molecule has 0 fully saturated rings. The molecule has 0 heterocycles. The third-order valence-corrected chi connectivity index (χ3v) is 2.22. The Bertz CT molecular complexity index is 396. The molecule has 0 aliphatic heterocycles. The average Bonchev–Trinajstić information content (AvgIpc) is 2.28. The molecular weight excluding hydrogens is 222 g/mol. The molecule has 0 spiro atoms. The van der Waals surface area contributed by atoms with E-state index in [1.54, 1.807) is 6.07 Å². The molecule has 0 aromatic heterocycles. The fourth-order valence-electron chi connectivity index (χ4n) is 1.40. The van der Waals surface area contributed by atoms with Crippen molar-refractivity contribution in [1.29, 1.82) is 0 Å². The molecule has 0 amide bonds. The van der Waals surface area contributed by atoms with Crippen LogP contribution >= 0.6 is 0 Å². The molecular formula is C12H15NO4. The first-order valence-electron chi connectivity index (χ1n) is 5.28. The van der Waals surface area contributed by atoms with Crippen LogP contribution in [0.25, 0.3) is 0 Å². The summed E-state index contributed by atoms with van der Waals surface area (Å²) >= 11 is 0. The third-order valence-electron chi connectivity index (χ3n) is 2.22. The zero-order chi connectivity index (χ0) is 12.8. The number of para-hydroxylation sites is 1. The lowest BCUT2D eigenvalue weighted by molar-refractivity contribution is 0.0692. The van der Waals surface area contributed by atoms with E-state index in [2.05, 4.69) is 0 Å². The minimum atomic E-state index is -1.11. The number of carbonyl (C=O) groups excluding carboxylic acids is 1. The van der Waals surface area contributed by atoms with Gasteiger partial charge in [0.1, 0.15) is 11.3 Å². The summed E-state index contributed by atoms with van der Waals surface area (Å²) in [5, 5.41) is 9.01. The summed E-state index contributed by atoms with van der Waals surface area (Å²) in [6.07, 6.45) is 0.602. The predicted octanol–water partition coefficient (Wildman–Crippen LogP) is 1.31. The number of hydrogen-bond acceptors (Lipinski definition) is 4. The van der Waals surface area contributed by atoms with Crippen LogP contribution < -0.4 is 10.5 Å². The average molecular weight is 237 g/mol. The van der Waals surface area contributed by atoms with Crippen LogP contribution in [0.2, 0.25) is 0 Å². The second-order valence-electron chi connectivity index (χ2n) is 3.53. The smallest absolute Gasteiger partial charge is 0.339 e. The minimum absolute atomic E-state index is 0.00489. The SMILES string of the molecule is CC(=O)c1cccc(C(=O)O)c1OCCCN. The van der Waals surface area contributed by atoms with Gasteiger partial charge in [-0.3, -0.25) is 4.79 Å². The van der Waals surface area contributed by atoms with Crippen LogP contribution in [0.4, 0.5) is 0 Å². The molecule has 0 saturated carbocycles. The van der Waals surface area contributed by atoms with Gasteiger partial charge in [-0.15, -0.1) is 0 Å². The second kappa shape index (κ2) is 6.00. The Labute approximate surface area is 99.2 Å². The van der Waals surface area contributed by atoms with Crippen molar-refractivity contribution in [2.45, 2.75) is 13.3 Å². The van der Waals surface area contributed by atoms with E-state index in [-0.39, 0.29) is 22.7 Å². The molecule has 0 radical (unpaired) electrons. The number of carbonyl (C=O) groups is 2. The number of rotatable bonds is 6. The first-order chi connectivity index (χ1) is 8.07. The molecule has 1 aromatic carbocycles. The molecule has 1 rings (SSSR count). The maximum absolute atomic E-state index is 11.4. The third kappa shape index (κ3) is 3.29. The highest BCUT2D eigenvalue weighted by molar-refractivity contribution is 6.01. The number of carboxylic acid groups (broad SMARTS) is 1. The number of Topliss-reactive ketones (excluding diaryl/α,β-unsaturated/α-hetero) is 1. The fraction of sp³-hybridized carbons (Fsp3) is 0.333. The van der Waals surface area contributed by atoms with Gasteiger partial charge >= 0.3 is 5.97 Å². The second-order valence-corrected chi connectivity index (χ2v) is 3.53. The normalized spacial score (nSPS) is 10.0. The molecule has 3 N–H and O–H groups in total. The fourth-order valence-corrected chi connectivity index (χ4v) is 1.40. The summed E-state index contributed by atoms with van der Waals surface area (Å²) in [5.74, 6) is -1.22. The molecule has 0 atom stereocenters. The van der Waals surface area contributed by atoms with Crippen molar-refractivity contribution in [3.05, 3.63) is 29.3 Å². The van der Waals surface area contributed by atoms with E-state index in [1.807, 2.05) is 0 Å². The largest absolute Gasteiger partial charge is 0.492 e. The molecule has 92 valence electrons. The molecule has 5 nitrogen and oxygen atoms in total. The van der Waals surface area contributed by atoms with Gasteiger partial charge in [0, 0.05) is 0 Å². The molecule has 0 aliphatic rings. The van der Waals surface area contributed by atoms with Gasteiger partial charge in [0.15, 0.2) is 5.78 Å². The Kier molecular flexibility index (Phi) is 4.66. The number of ether oxygens (including phenoxy) is 1. The van der Waals surface area contributed by atoms with E-state index < -0.39 is 5.97 Å². The van der Waals surface area contributed by atoms with Crippen molar-refractivity contribution >= 4 is 11.8 Å². The Morgan fingerprint density at radius 3 is 2.53 bits per heavy atom. The van der Waals surface area contributed by atoms with Gasteiger partial charge in [-0.1, -0.05) is 6.07 Å². The van der Waals surface area contributed by atoms with Crippen molar-refractivity contribution < 1.29 is 19.4 Å². The maximum Gasteiger partial charge on any atom is 0.339 e. The first kappa shape index (κ1) is 13.2. The predicted molar refractivity (Wildman–Crippen MR) is 62.6 cm³/mol. The van der Waals surface area contributed by atoms with E-state index in [4.69, 9.17) is 15.6 Å². The standard InChI is InChI=1S/C12H15NO4/c1-8(14)9-4-2-5-10(12(15)16)11(9)17-7-3-6-13/h2,4-5H,3,6-7,13H2,1H3,(H,15,16). The maximum atomic E-state index is 11.4. The highest BCUT2D eigenvalue weighted by Gasteiger charge is 2.17. The van der Waals surface area contributed by atoms with Gasteiger partial charge in [-0.25, -0.2) is 4.79 Å². The Morgan fingerprint density at radius 2 is 2.00 bits per heavy atom. The van der Waals surface area contributed by atoms with Crippen LogP contribution in [0, 0.1) is 0 Å². The highest BCUT2D eigenvalue weighted by Crippen LogP contribution is 2.24. The van der Waals surface area contributed by atoms with Crippen LogP contribution in [-0.2, 0) is 0 Å². The van der Waals surface area contributed by atoms with E-state index >= 15 is 0 Å². The molecule has 5 heteroatoms. The number of ketones is 1. The highest BCUT2D eigenvalue weighted by atomic mass is 16.5. The van der Waals surface area contributed by atoms with E-state index in [0.29, 0.717) is 19.6 Å². The van der Waals surface area contributed by atoms with Gasteiger partial charge in [-0.2, -0.15) is 0 Å². The lowest BCUT2D eigenvalue weighted by Crippen LogP contribution is -2.11. The number of carboxylic acids is 1. The number of aromatic carboxylic acids is 1.